The van der Waals surface area contributed by atoms with Gasteiger partial charge in [-0.15, -0.1) is 0 Å². The number of nitrogens with one attached hydrogen (secondary N) is 1. The standard InChI is InChI=1S/C17H27NO2/c1-3-18-17(13-20-11-10-19-2)16-9-5-8-15(12-16)14-6-4-7-14/h5,8-9,12,14,17-18H,3-4,6-7,10-11,13H2,1-2H3. The molecule has 0 bridgehead atoms. The van der Waals surface area contributed by atoms with E-state index < -0.39 is 0 Å². The zero-order chi connectivity index (χ0) is 14.2. The van der Waals surface area contributed by atoms with Crippen molar-refractivity contribution in [3.05, 3.63) is 35.4 Å². The van der Waals surface area contributed by atoms with Crippen molar-refractivity contribution in [1.29, 1.82) is 0 Å². The minimum Gasteiger partial charge on any atom is -0.382 e. The number of hydrogen-bond donors (Lipinski definition) is 1. The molecule has 1 N–H and O–H groups in total. The van der Waals surface area contributed by atoms with Crippen LogP contribution in [0.15, 0.2) is 24.3 Å². The van der Waals surface area contributed by atoms with E-state index in [-0.39, 0.29) is 6.04 Å². The lowest BCUT2D eigenvalue weighted by Crippen LogP contribution is -2.26. The summed E-state index contributed by atoms with van der Waals surface area (Å²) in [5, 5.41) is 3.51. The molecular formula is C17H27NO2. The molecule has 0 heterocycles. The monoisotopic (exact) mass is 277 g/mol. The van der Waals surface area contributed by atoms with Gasteiger partial charge in [-0.1, -0.05) is 37.6 Å². The van der Waals surface area contributed by atoms with Crippen LogP contribution >= 0.6 is 0 Å². The second-order valence-corrected chi connectivity index (χ2v) is 5.48. The first kappa shape index (κ1) is 15.5. The summed E-state index contributed by atoms with van der Waals surface area (Å²) in [5.74, 6) is 0.784. The van der Waals surface area contributed by atoms with Crippen molar-refractivity contribution in [2.24, 2.45) is 0 Å². The van der Waals surface area contributed by atoms with Crippen molar-refractivity contribution in [2.75, 3.05) is 33.5 Å². The maximum absolute atomic E-state index is 5.70. The highest BCUT2D eigenvalue weighted by molar-refractivity contribution is 5.29. The molecule has 3 nitrogen and oxygen atoms in total. The minimum atomic E-state index is 0.275. The summed E-state index contributed by atoms with van der Waals surface area (Å²) in [6.07, 6.45) is 4.07. The zero-order valence-corrected chi connectivity index (χ0v) is 12.7. The van der Waals surface area contributed by atoms with E-state index in [0.717, 1.165) is 12.5 Å². The largest absolute Gasteiger partial charge is 0.382 e. The zero-order valence-electron chi connectivity index (χ0n) is 12.7. The normalized spacial score (nSPS) is 16.9. The molecule has 1 atom stereocenters. The highest BCUT2D eigenvalue weighted by atomic mass is 16.5. The summed E-state index contributed by atoms with van der Waals surface area (Å²) in [4.78, 5) is 0. The average Bonchev–Trinajstić information content (AvgIpc) is 2.41. The van der Waals surface area contributed by atoms with Gasteiger partial charge in [-0.2, -0.15) is 0 Å². The molecule has 1 aromatic carbocycles. The van der Waals surface area contributed by atoms with E-state index in [2.05, 4.69) is 36.5 Å². The fraction of sp³-hybridized carbons (Fsp3) is 0.647. The second-order valence-electron chi connectivity index (χ2n) is 5.48. The van der Waals surface area contributed by atoms with Gasteiger partial charge in [-0.05, 0) is 36.4 Å². The predicted octanol–water partition coefficient (Wildman–Crippen LogP) is 3.27. The van der Waals surface area contributed by atoms with Crippen molar-refractivity contribution in [1.82, 2.24) is 5.32 Å². The van der Waals surface area contributed by atoms with Crippen molar-refractivity contribution in [2.45, 2.75) is 38.1 Å². The van der Waals surface area contributed by atoms with Crippen LogP contribution < -0.4 is 5.32 Å². The lowest BCUT2D eigenvalue weighted by atomic mass is 9.79. The third-order valence-electron chi connectivity index (χ3n) is 4.06. The van der Waals surface area contributed by atoms with E-state index in [1.165, 1.54) is 30.4 Å². The fourth-order valence-corrected chi connectivity index (χ4v) is 2.63. The van der Waals surface area contributed by atoms with Gasteiger partial charge in [0.1, 0.15) is 0 Å². The summed E-state index contributed by atoms with van der Waals surface area (Å²) in [6, 6.07) is 9.29. The Morgan fingerprint density at radius 2 is 2.15 bits per heavy atom. The summed E-state index contributed by atoms with van der Waals surface area (Å²) in [5.41, 5.74) is 2.84. The van der Waals surface area contributed by atoms with Gasteiger partial charge in [0.25, 0.3) is 0 Å². The van der Waals surface area contributed by atoms with Crippen LogP contribution in [0, 0.1) is 0 Å². The van der Waals surface area contributed by atoms with Crippen LogP contribution in [0.2, 0.25) is 0 Å². The van der Waals surface area contributed by atoms with E-state index in [1.807, 2.05) is 0 Å². The molecule has 1 aliphatic rings. The summed E-state index contributed by atoms with van der Waals surface area (Å²) >= 11 is 0. The Bertz CT molecular complexity index is 390. The number of likely N-dealkylation sites (N-methyl/N-ethyl adjacent to an activating group) is 1. The molecule has 0 aromatic heterocycles. The van der Waals surface area contributed by atoms with Gasteiger partial charge in [-0.25, -0.2) is 0 Å². The Morgan fingerprint density at radius 3 is 2.80 bits per heavy atom. The van der Waals surface area contributed by atoms with Crippen LogP contribution in [0.1, 0.15) is 49.3 Å². The molecule has 0 spiro atoms. The lowest BCUT2D eigenvalue weighted by Gasteiger charge is -2.27. The molecule has 0 saturated heterocycles. The smallest absolute Gasteiger partial charge is 0.0701 e. The Balaban J connectivity index is 1.96. The van der Waals surface area contributed by atoms with Crippen molar-refractivity contribution < 1.29 is 9.47 Å². The third-order valence-corrected chi connectivity index (χ3v) is 4.06. The van der Waals surface area contributed by atoms with Gasteiger partial charge in [0.15, 0.2) is 0 Å². The first-order valence-corrected chi connectivity index (χ1v) is 7.75. The Labute approximate surface area is 122 Å². The molecular weight excluding hydrogens is 250 g/mol. The first-order valence-electron chi connectivity index (χ1n) is 7.75. The Hall–Kier alpha value is -0.900. The minimum absolute atomic E-state index is 0.275. The maximum Gasteiger partial charge on any atom is 0.0701 e. The molecule has 0 amide bonds. The van der Waals surface area contributed by atoms with Crippen molar-refractivity contribution >= 4 is 0 Å². The summed E-state index contributed by atoms with van der Waals surface area (Å²) < 4.78 is 10.7. The number of methoxy groups -OCH3 is 1. The quantitative estimate of drug-likeness (QED) is 0.703. The molecule has 2 rings (SSSR count). The molecule has 3 heteroatoms. The maximum atomic E-state index is 5.70. The molecule has 1 aliphatic carbocycles. The molecule has 1 aromatic rings. The SMILES string of the molecule is CCNC(COCCOC)c1cccc(C2CCC2)c1. The molecule has 1 saturated carbocycles. The van der Waals surface area contributed by atoms with Gasteiger partial charge in [0.2, 0.25) is 0 Å². The lowest BCUT2D eigenvalue weighted by molar-refractivity contribution is 0.0588. The third kappa shape index (κ3) is 4.30. The van der Waals surface area contributed by atoms with E-state index >= 15 is 0 Å². The molecule has 1 fully saturated rings. The van der Waals surface area contributed by atoms with Gasteiger partial charge < -0.3 is 14.8 Å². The molecule has 20 heavy (non-hydrogen) atoms. The van der Waals surface area contributed by atoms with Crippen LogP contribution in [0.4, 0.5) is 0 Å². The van der Waals surface area contributed by atoms with E-state index in [1.54, 1.807) is 7.11 Å². The van der Waals surface area contributed by atoms with Crippen LogP contribution in [-0.4, -0.2) is 33.5 Å². The second kappa shape index (κ2) is 8.40. The van der Waals surface area contributed by atoms with Crippen LogP contribution in [-0.2, 0) is 9.47 Å². The number of benzene rings is 1. The molecule has 112 valence electrons. The van der Waals surface area contributed by atoms with E-state index in [4.69, 9.17) is 9.47 Å². The van der Waals surface area contributed by atoms with Gasteiger partial charge in [-0.3, -0.25) is 0 Å². The van der Waals surface area contributed by atoms with Crippen LogP contribution in [0.5, 0.6) is 0 Å². The average molecular weight is 277 g/mol. The van der Waals surface area contributed by atoms with E-state index in [9.17, 15) is 0 Å². The summed E-state index contributed by atoms with van der Waals surface area (Å²) in [7, 11) is 1.70. The van der Waals surface area contributed by atoms with Crippen LogP contribution in [0.3, 0.4) is 0 Å². The summed E-state index contributed by atoms with van der Waals surface area (Å²) in [6.45, 7) is 5.09. The number of ether oxygens (including phenoxy) is 2. The topological polar surface area (TPSA) is 30.5 Å². The van der Waals surface area contributed by atoms with Crippen molar-refractivity contribution in [3.63, 3.8) is 0 Å². The van der Waals surface area contributed by atoms with E-state index in [0.29, 0.717) is 19.8 Å². The highest BCUT2D eigenvalue weighted by Crippen LogP contribution is 2.36. The number of hydrogen-bond acceptors (Lipinski definition) is 3. The van der Waals surface area contributed by atoms with Gasteiger partial charge in [0.05, 0.1) is 25.9 Å². The van der Waals surface area contributed by atoms with Crippen molar-refractivity contribution in [3.8, 4) is 0 Å². The molecule has 1 unspecified atom stereocenters. The molecule has 0 aliphatic heterocycles. The van der Waals surface area contributed by atoms with Gasteiger partial charge in [0, 0.05) is 7.11 Å². The van der Waals surface area contributed by atoms with Crippen LogP contribution in [0.25, 0.3) is 0 Å². The predicted molar refractivity (Wildman–Crippen MR) is 82.1 cm³/mol. The highest BCUT2D eigenvalue weighted by Gasteiger charge is 2.20. The fourth-order valence-electron chi connectivity index (χ4n) is 2.63. The Morgan fingerprint density at radius 1 is 1.30 bits per heavy atom. The first-order chi connectivity index (χ1) is 9.85. The number of rotatable bonds is 9. The van der Waals surface area contributed by atoms with Gasteiger partial charge >= 0.3 is 0 Å². The molecule has 0 radical (unpaired) electrons. The Kier molecular flexibility index (Phi) is 6.51.